The summed E-state index contributed by atoms with van der Waals surface area (Å²) in [4.78, 5) is 14.6. The monoisotopic (exact) mass is 139 g/mol. The van der Waals surface area contributed by atoms with Gasteiger partial charge in [0.2, 0.25) is 0 Å². The van der Waals surface area contributed by atoms with E-state index >= 15 is 0 Å². The van der Waals surface area contributed by atoms with Crippen LogP contribution in [0.5, 0.6) is 0 Å². The third-order valence-electron chi connectivity index (χ3n) is 1.35. The molecule has 0 bridgehead atoms. The van der Waals surface area contributed by atoms with E-state index in [1.807, 2.05) is 0 Å². The van der Waals surface area contributed by atoms with Crippen molar-refractivity contribution in [3.63, 3.8) is 0 Å². The van der Waals surface area contributed by atoms with Crippen molar-refractivity contribution in [3.05, 3.63) is 17.7 Å². The van der Waals surface area contributed by atoms with Crippen LogP contribution in [0.3, 0.4) is 0 Å². The average Bonchev–Trinajstić information content (AvgIpc) is 2.11. The van der Waals surface area contributed by atoms with Crippen LogP contribution in [0.2, 0.25) is 0 Å². The molecule has 4 heteroatoms. The van der Waals surface area contributed by atoms with Gasteiger partial charge in [0, 0.05) is 7.05 Å². The molecule has 0 unspecified atom stereocenters. The van der Waals surface area contributed by atoms with Gasteiger partial charge in [-0.1, -0.05) is 0 Å². The predicted molar refractivity (Wildman–Crippen MR) is 36.5 cm³/mol. The molecule has 0 atom stereocenters. The van der Waals surface area contributed by atoms with Gasteiger partial charge in [0.05, 0.1) is 12.0 Å². The summed E-state index contributed by atoms with van der Waals surface area (Å²) in [6, 6.07) is 0. The number of nitrogens with two attached hydrogens (primary N) is 1. The van der Waals surface area contributed by atoms with Crippen LogP contribution in [0.25, 0.3) is 0 Å². The molecule has 1 rings (SSSR count). The number of carbonyl (C=O) groups excluding carboxylic acids is 1. The van der Waals surface area contributed by atoms with Gasteiger partial charge in [0.25, 0.3) is 5.91 Å². The van der Waals surface area contributed by atoms with Crippen molar-refractivity contribution in [3.8, 4) is 0 Å². The molecule has 0 saturated carbocycles. The van der Waals surface area contributed by atoms with E-state index < -0.39 is 5.91 Å². The zero-order valence-corrected chi connectivity index (χ0v) is 5.96. The first kappa shape index (κ1) is 6.80. The zero-order valence-electron chi connectivity index (χ0n) is 5.96. The first-order valence-electron chi connectivity index (χ1n) is 2.90. The molecule has 0 aliphatic rings. The summed E-state index contributed by atoms with van der Waals surface area (Å²) in [6.45, 7) is 1.75. The highest BCUT2D eigenvalue weighted by molar-refractivity contribution is 5.92. The van der Waals surface area contributed by atoms with Crippen LogP contribution in [0.4, 0.5) is 0 Å². The van der Waals surface area contributed by atoms with Gasteiger partial charge in [0.15, 0.2) is 0 Å². The van der Waals surface area contributed by atoms with Crippen LogP contribution in [0, 0.1) is 6.92 Å². The summed E-state index contributed by atoms with van der Waals surface area (Å²) in [7, 11) is 1.74. The van der Waals surface area contributed by atoms with E-state index in [4.69, 9.17) is 5.73 Å². The van der Waals surface area contributed by atoms with Gasteiger partial charge in [-0.2, -0.15) is 0 Å². The lowest BCUT2D eigenvalue weighted by atomic mass is 10.3. The Bertz CT molecular complexity index is 244. The summed E-state index contributed by atoms with van der Waals surface area (Å²) < 4.78 is 1.61. The fraction of sp³-hybridized carbons (Fsp3) is 0.333. The summed E-state index contributed by atoms with van der Waals surface area (Å²) in [5.74, 6) is -0.433. The Hall–Kier alpha value is -1.32. The molecule has 0 radical (unpaired) electrons. The number of amides is 1. The highest BCUT2D eigenvalue weighted by atomic mass is 16.1. The molecule has 0 fully saturated rings. The molecule has 1 aromatic heterocycles. The normalized spacial score (nSPS) is 9.80. The lowest BCUT2D eigenvalue weighted by molar-refractivity contribution is 0.0992. The number of aryl methyl sites for hydroxylation is 2. The standard InChI is InChI=1S/C6H9N3O/c1-4-5(6(7)10)9(2)3-8-4/h3H,1-2H3,(H2,7,10). The first-order chi connectivity index (χ1) is 4.63. The topological polar surface area (TPSA) is 60.9 Å². The van der Waals surface area contributed by atoms with E-state index in [9.17, 15) is 4.79 Å². The maximum absolute atomic E-state index is 10.7. The van der Waals surface area contributed by atoms with Crippen LogP contribution in [0.1, 0.15) is 16.2 Å². The number of hydrogen-bond donors (Lipinski definition) is 1. The van der Waals surface area contributed by atoms with Crippen molar-refractivity contribution in [2.45, 2.75) is 6.92 Å². The molecule has 1 heterocycles. The number of hydrogen-bond acceptors (Lipinski definition) is 2. The van der Waals surface area contributed by atoms with E-state index in [0.717, 1.165) is 0 Å². The van der Waals surface area contributed by atoms with E-state index in [0.29, 0.717) is 11.4 Å². The van der Waals surface area contributed by atoms with Crippen molar-refractivity contribution < 1.29 is 4.79 Å². The SMILES string of the molecule is Cc1ncn(C)c1C(N)=O. The quantitative estimate of drug-likeness (QED) is 0.587. The Morgan fingerprint density at radius 1 is 1.80 bits per heavy atom. The highest BCUT2D eigenvalue weighted by Gasteiger charge is 2.08. The minimum absolute atomic E-state index is 0.433. The highest BCUT2D eigenvalue weighted by Crippen LogP contribution is 2.01. The number of aromatic nitrogens is 2. The largest absolute Gasteiger partial charge is 0.364 e. The van der Waals surface area contributed by atoms with Gasteiger partial charge >= 0.3 is 0 Å². The van der Waals surface area contributed by atoms with Crippen LogP contribution in [0.15, 0.2) is 6.33 Å². The minimum atomic E-state index is -0.433. The number of rotatable bonds is 1. The summed E-state index contributed by atoms with van der Waals surface area (Å²) in [5, 5.41) is 0. The van der Waals surface area contributed by atoms with Crippen LogP contribution >= 0.6 is 0 Å². The molecule has 1 aromatic rings. The summed E-state index contributed by atoms with van der Waals surface area (Å²) in [5.41, 5.74) is 6.21. The smallest absolute Gasteiger partial charge is 0.267 e. The number of imidazole rings is 1. The van der Waals surface area contributed by atoms with E-state index in [2.05, 4.69) is 4.98 Å². The molecule has 0 spiro atoms. The van der Waals surface area contributed by atoms with E-state index in [-0.39, 0.29) is 0 Å². The molecule has 0 aliphatic carbocycles. The lowest BCUT2D eigenvalue weighted by Gasteiger charge is -1.95. The zero-order chi connectivity index (χ0) is 7.72. The van der Waals surface area contributed by atoms with Crippen molar-refractivity contribution in [2.75, 3.05) is 0 Å². The number of nitrogens with zero attached hydrogens (tertiary/aromatic N) is 2. The number of carbonyl (C=O) groups is 1. The molecule has 0 aromatic carbocycles. The van der Waals surface area contributed by atoms with Crippen molar-refractivity contribution in [1.29, 1.82) is 0 Å². The van der Waals surface area contributed by atoms with Crippen LogP contribution in [-0.4, -0.2) is 15.5 Å². The van der Waals surface area contributed by atoms with Gasteiger partial charge in [-0.15, -0.1) is 0 Å². The molecule has 1 amide bonds. The summed E-state index contributed by atoms with van der Waals surface area (Å²) in [6.07, 6.45) is 1.56. The average molecular weight is 139 g/mol. The van der Waals surface area contributed by atoms with Crippen LogP contribution in [-0.2, 0) is 7.05 Å². The van der Waals surface area contributed by atoms with Crippen LogP contribution < -0.4 is 5.73 Å². The van der Waals surface area contributed by atoms with Crippen molar-refractivity contribution in [1.82, 2.24) is 9.55 Å². The van der Waals surface area contributed by atoms with Gasteiger partial charge in [-0.05, 0) is 6.92 Å². The minimum Gasteiger partial charge on any atom is -0.364 e. The second-order valence-corrected chi connectivity index (χ2v) is 2.15. The molecule has 2 N–H and O–H groups in total. The Balaban J connectivity index is 3.23. The second kappa shape index (κ2) is 2.13. The maximum Gasteiger partial charge on any atom is 0.267 e. The molecule has 54 valence electrons. The predicted octanol–water partition coefficient (Wildman–Crippen LogP) is -0.173. The molecule has 0 aliphatic heterocycles. The number of primary amides is 1. The van der Waals surface area contributed by atoms with Crippen molar-refractivity contribution >= 4 is 5.91 Å². The maximum atomic E-state index is 10.7. The Labute approximate surface area is 58.7 Å². The molecule has 4 nitrogen and oxygen atoms in total. The molecule has 10 heavy (non-hydrogen) atoms. The molecular formula is C6H9N3O. The first-order valence-corrected chi connectivity index (χ1v) is 2.90. The lowest BCUT2D eigenvalue weighted by Crippen LogP contribution is -2.16. The summed E-state index contributed by atoms with van der Waals surface area (Å²) >= 11 is 0. The third-order valence-corrected chi connectivity index (χ3v) is 1.35. The third kappa shape index (κ3) is 0.877. The van der Waals surface area contributed by atoms with E-state index in [1.165, 1.54) is 0 Å². The molecular weight excluding hydrogens is 130 g/mol. The van der Waals surface area contributed by atoms with Gasteiger partial charge in [0.1, 0.15) is 5.69 Å². The Morgan fingerprint density at radius 2 is 2.40 bits per heavy atom. The fourth-order valence-corrected chi connectivity index (χ4v) is 0.899. The fourth-order valence-electron chi connectivity index (χ4n) is 0.899. The van der Waals surface area contributed by atoms with Gasteiger partial charge in [-0.3, -0.25) is 4.79 Å². The Morgan fingerprint density at radius 3 is 2.60 bits per heavy atom. The van der Waals surface area contributed by atoms with Gasteiger partial charge < -0.3 is 10.3 Å². The molecule has 0 saturated heterocycles. The van der Waals surface area contributed by atoms with Crippen molar-refractivity contribution in [2.24, 2.45) is 12.8 Å². The van der Waals surface area contributed by atoms with E-state index in [1.54, 1.807) is 24.9 Å². The Kier molecular flexibility index (Phi) is 1.45. The second-order valence-electron chi connectivity index (χ2n) is 2.15. The van der Waals surface area contributed by atoms with Gasteiger partial charge in [-0.25, -0.2) is 4.98 Å².